The maximum absolute atomic E-state index is 11.9. The lowest BCUT2D eigenvalue weighted by atomic mass is 9.78. The molecule has 0 heterocycles. The van der Waals surface area contributed by atoms with Crippen LogP contribution < -0.4 is 5.73 Å². The quantitative estimate of drug-likeness (QED) is 0.483. The number of hydrogen-bond acceptors (Lipinski definition) is 1. The van der Waals surface area contributed by atoms with E-state index < -0.39 is 6.17 Å². The fraction of sp³-hybridized carbons (Fsp3) is 1.00. The molecule has 2 N–H and O–H groups in total. The highest BCUT2D eigenvalue weighted by Crippen LogP contribution is 2.31. The van der Waals surface area contributed by atoms with Gasteiger partial charge in [-0.3, -0.25) is 0 Å². The predicted octanol–water partition coefficient (Wildman–Crippen LogP) is 0.836. The Bertz CT molecular complexity index is 72.1. The summed E-state index contributed by atoms with van der Waals surface area (Å²) in [6.45, 7) is 1.88. The molecule has 0 unspecified atom stereocenters. The van der Waals surface area contributed by atoms with Crippen molar-refractivity contribution < 1.29 is 4.39 Å². The fourth-order valence-electron chi connectivity index (χ4n) is 0.952. The molecule has 42 valence electrons. The summed E-state index contributed by atoms with van der Waals surface area (Å²) in [4.78, 5) is 0. The van der Waals surface area contributed by atoms with E-state index in [1.165, 1.54) is 0 Å². The molecular formula is C5H10FN. The van der Waals surface area contributed by atoms with Crippen molar-refractivity contribution in [2.24, 2.45) is 5.73 Å². The summed E-state index contributed by atoms with van der Waals surface area (Å²) >= 11 is 0. The van der Waals surface area contributed by atoms with Crippen molar-refractivity contribution in [1.29, 1.82) is 0 Å². The average Bonchev–Trinajstić information content (AvgIpc) is 1.27. The van der Waals surface area contributed by atoms with Gasteiger partial charge >= 0.3 is 0 Å². The zero-order chi connectivity index (χ0) is 5.49. The van der Waals surface area contributed by atoms with E-state index in [-0.39, 0.29) is 5.54 Å². The third-order valence-corrected chi connectivity index (χ3v) is 1.38. The molecule has 1 aliphatic rings. The van der Waals surface area contributed by atoms with Crippen LogP contribution in [0.15, 0.2) is 0 Å². The molecule has 0 spiro atoms. The first kappa shape index (κ1) is 5.04. The lowest BCUT2D eigenvalue weighted by molar-refractivity contribution is 0.114. The highest BCUT2D eigenvalue weighted by atomic mass is 19.1. The summed E-state index contributed by atoms with van der Waals surface area (Å²) in [6, 6.07) is 0. The monoisotopic (exact) mass is 103 g/mol. The minimum absolute atomic E-state index is 0.181. The van der Waals surface area contributed by atoms with Crippen LogP contribution in [0.5, 0.6) is 0 Å². The van der Waals surface area contributed by atoms with Crippen molar-refractivity contribution in [3.05, 3.63) is 0 Å². The Balaban J connectivity index is 2.29. The second-order valence-corrected chi connectivity index (χ2v) is 2.66. The maximum Gasteiger partial charge on any atom is 0.104 e. The molecule has 0 bridgehead atoms. The number of hydrogen-bond donors (Lipinski definition) is 1. The fourth-order valence-corrected chi connectivity index (χ4v) is 0.952. The van der Waals surface area contributed by atoms with Gasteiger partial charge in [0.1, 0.15) is 6.17 Å². The summed E-state index contributed by atoms with van der Waals surface area (Å²) in [5, 5.41) is 0. The van der Waals surface area contributed by atoms with E-state index in [2.05, 4.69) is 0 Å². The van der Waals surface area contributed by atoms with Crippen molar-refractivity contribution in [3.8, 4) is 0 Å². The molecule has 1 rings (SSSR count). The molecule has 1 fully saturated rings. The van der Waals surface area contributed by atoms with E-state index in [9.17, 15) is 4.39 Å². The van der Waals surface area contributed by atoms with E-state index in [4.69, 9.17) is 5.73 Å². The second-order valence-electron chi connectivity index (χ2n) is 2.66. The number of nitrogens with two attached hydrogens (primary N) is 1. The summed E-state index contributed by atoms with van der Waals surface area (Å²) in [6.07, 6.45) is 0.481. The Morgan fingerprint density at radius 2 is 2.14 bits per heavy atom. The number of halogens is 1. The van der Waals surface area contributed by atoms with Gasteiger partial charge in [-0.25, -0.2) is 4.39 Å². The first-order valence-electron chi connectivity index (χ1n) is 2.53. The van der Waals surface area contributed by atoms with Crippen molar-refractivity contribution >= 4 is 0 Å². The highest BCUT2D eigenvalue weighted by Gasteiger charge is 2.36. The van der Waals surface area contributed by atoms with Gasteiger partial charge in [-0.1, -0.05) is 0 Å². The molecule has 0 atom stereocenters. The summed E-state index contributed by atoms with van der Waals surface area (Å²) < 4.78 is 11.9. The number of alkyl halides is 1. The van der Waals surface area contributed by atoms with Crippen LogP contribution in [0.2, 0.25) is 0 Å². The second kappa shape index (κ2) is 1.19. The van der Waals surface area contributed by atoms with Gasteiger partial charge in [0.15, 0.2) is 0 Å². The lowest BCUT2D eigenvalue weighted by Crippen LogP contribution is -2.50. The van der Waals surface area contributed by atoms with Gasteiger partial charge in [-0.05, 0) is 19.8 Å². The van der Waals surface area contributed by atoms with Gasteiger partial charge in [-0.2, -0.15) is 0 Å². The third kappa shape index (κ3) is 0.911. The third-order valence-electron chi connectivity index (χ3n) is 1.38. The van der Waals surface area contributed by atoms with Crippen LogP contribution >= 0.6 is 0 Å². The Hall–Kier alpha value is -0.110. The molecule has 1 nitrogen and oxygen atoms in total. The van der Waals surface area contributed by atoms with Crippen LogP contribution in [-0.4, -0.2) is 11.7 Å². The number of rotatable bonds is 0. The largest absolute Gasteiger partial charge is 0.325 e. The van der Waals surface area contributed by atoms with E-state index in [1.54, 1.807) is 0 Å². The van der Waals surface area contributed by atoms with Crippen LogP contribution in [0.4, 0.5) is 4.39 Å². The molecule has 0 aromatic carbocycles. The van der Waals surface area contributed by atoms with Crippen LogP contribution in [0, 0.1) is 0 Å². The Morgan fingerprint density at radius 3 is 2.14 bits per heavy atom. The smallest absolute Gasteiger partial charge is 0.104 e. The Kier molecular flexibility index (Phi) is 0.854. The molecule has 0 aromatic heterocycles. The van der Waals surface area contributed by atoms with Gasteiger partial charge in [0.25, 0.3) is 0 Å². The first-order chi connectivity index (χ1) is 3.10. The lowest BCUT2D eigenvalue weighted by Gasteiger charge is -2.37. The van der Waals surface area contributed by atoms with E-state index in [1.807, 2.05) is 6.92 Å². The van der Waals surface area contributed by atoms with Gasteiger partial charge in [0, 0.05) is 5.54 Å². The molecule has 0 radical (unpaired) electrons. The van der Waals surface area contributed by atoms with E-state index >= 15 is 0 Å². The average molecular weight is 103 g/mol. The Labute approximate surface area is 42.7 Å². The normalized spacial score (nSPS) is 51.0. The SMILES string of the molecule is CC1(N)CC(F)C1. The minimum atomic E-state index is -0.616. The van der Waals surface area contributed by atoms with Crippen molar-refractivity contribution in [2.75, 3.05) is 0 Å². The van der Waals surface area contributed by atoms with Gasteiger partial charge in [-0.15, -0.1) is 0 Å². The first-order valence-corrected chi connectivity index (χ1v) is 2.53. The molecule has 1 aliphatic carbocycles. The molecule has 1 saturated carbocycles. The molecule has 2 heteroatoms. The molecule has 7 heavy (non-hydrogen) atoms. The molecular weight excluding hydrogens is 93.1 g/mol. The van der Waals surface area contributed by atoms with Crippen LogP contribution in [0.1, 0.15) is 19.8 Å². The van der Waals surface area contributed by atoms with E-state index in [0.717, 1.165) is 0 Å². The molecule has 0 saturated heterocycles. The maximum atomic E-state index is 11.9. The van der Waals surface area contributed by atoms with Crippen LogP contribution in [-0.2, 0) is 0 Å². The zero-order valence-corrected chi connectivity index (χ0v) is 4.45. The predicted molar refractivity (Wildman–Crippen MR) is 26.7 cm³/mol. The van der Waals surface area contributed by atoms with E-state index in [0.29, 0.717) is 12.8 Å². The summed E-state index contributed by atoms with van der Waals surface area (Å²) in [5.74, 6) is 0. The van der Waals surface area contributed by atoms with Gasteiger partial charge in [0.05, 0.1) is 0 Å². The van der Waals surface area contributed by atoms with Crippen molar-refractivity contribution in [2.45, 2.75) is 31.5 Å². The standard InChI is InChI=1S/C5H10FN/c1-5(7)2-4(6)3-5/h4H,2-3,7H2,1H3. The molecule has 0 amide bonds. The Morgan fingerprint density at radius 1 is 1.71 bits per heavy atom. The van der Waals surface area contributed by atoms with Crippen molar-refractivity contribution in [3.63, 3.8) is 0 Å². The topological polar surface area (TPSA) is 26.0 Å². The van der Waals surface area contributed by atoms with Crippen molar-refractivity contribution in [1.82, 2.24) is 0 Å². The highest BCUT2D eigenvalue weighted by molar-refractivity contribution is 4.94. The van der Waals surface area contributed by atoms with Gasteiger partial charge < -0.3 is 5.73 Å². The van der Waals surface area contributed by atoms with Gasteiger partial charge in [0.2, 0.25) is 0 Å². The minimum Gasteiger partial charge on any atom is -0.325 e. The van der Waals surface area contributed by atoms with Crippen LogP contribution in [0.25, 0.3) is 0 Å². The van der Waals surface area contributed by atoms with Crippen LogP contribution in [0.3, 0.4) is 0 Å². The zero-order valence-electron chi connectivity index (χ0n) is 4.45. The molecule has 0 aromatic rings. The summed E-state index contributed by atoms with van der Waals surface area (Å²) in [7, 11) is 0. The molecule has 0 aliphatic heterocycles. The summed E-state index contributed by atoms with van der Waals surface area (Å²) in [5.41, 5.74) is 5.29.